The first-order valence-corrected chi connectivity index (χ1v) is 5.62. The number of hydrogen-bond acceptors (Lipinski definition) is 5. The Bertz CT molecular complexity index is 493. The Kier molecular flexibility index (Phi) is 3.78. The van der Waals surface area contributed by atoms with Crippen LogP contribution >= 0.6 is 0 Å². The molecule has 1 heterocycles. The first-order valence-electron chi connectivity index (χ1n) is 5.62. The van der Waals surface area contributed by atoms with Crippen LogP contribution in [0.25, 0.3) is 0 Å². The van der Waals surface area contributed by atoms with Crippen molar-refractivity contribution in [2.24, 2.45) is 5.73 Å². The number of aromatic nitrogens is 3. The number of methoxy groups -OCH3 is 1. The summed E-state index contributed by atoms with van der Waals surface area (Å²) in [6.07, 6.45) is 0. The van der Waals surface area contributed by atoms with Crippen LogP contribution in [0, 0.1) is 0 Å². The van der Waals surface area contributed by atoms with Crippen molar-refractivity contribution in [3.63, 3.8) is 0 Å². The molecule has 6 heteroatoms. The molecule has 1 atom stereocenters. The predicted molar refractivity (Wildman–Crippen MR) is 66.3 cm³/mol. The molecule has 1 aromatic heterocycles. The largest absolute Gasteiger partial charge is 0.497 e. The molecule has 0 unspecified atom stereocenters. The fourth-order valence-corrected chi connectivity index (χ4v) is 1.40. The summed E-state index contributed by atoms with van der Waals surface area (Å²) in [5.41, 5.74) is 5.67. The lowest BCUT2D eigenvalue weighted by molar-refractivity contribution is 0.295. The molecule has 0 aliphatic heterocycles. The monoisotopic (exact) mass is 248 g/mol. The summed E-state index contributed by atoms with van der Waals surface area (Å²) in [7, 11) is 1.62. The van der Waals surface area contributed by atoms with E-state index < -0.39 is 0 Å². The minimum absolute atomic E-state index is 0.184. The van der Waals surface area contributed by atoms with Gasteiger partial charge >= 0.3 is 0 Å². The summed E-state index contributed by atoms with van der Waals surface area (Å²) in [6.45, 7) is 2.16. The normalized spacial score (nSPS) is 12.2. The second-order valence-electron chi connectivity index (χ2n) is 3.89. The summed E-state index contributed by atoms with van der Waals surface area (Å²) in [5.74, 6) is 2.78. The van der Waals surface area contributed by atoms with E-state index in [0.29, 0.717) is 18.3 Å². The van der Waals surface area contributed by atoms with Gasteiger partial charge < -0.3 is 15.2 Å². The summed E-state index contributed by atoms with van der Waals surface area (Å²) < 4.78 is 10.6. The van der Waals surface area contributed by atoms with Crippen molar-refractivity contribution in [2.75, 3.05) is 7.11 Å². The number of ether oxygens (including phenoxy) is 2. The van der Waals surface area contributed by atoms with Crippen molar-refractivity contribution < 1.29 is 9.47 Å². The molecule has 6 nitrogen and oxygen atoms in total. The zero-order valence-corrected chi connectivity index (χ0v) is 10.4. The number of aromatic amines is 1. The number of rotatable bonds is 5. The lowest BCUT2D eigenvalue weighted by Gasteiger charge is -2.04. The number of hydrogen-bond donors (Lipinski definition) is 2. The Morgan fingerprint density at radius 1 is 1.28 bits per heavy atom. The van der Waals surface area contributed by atoms with Gasteiger partial charge in [0.2, 0.25) is 0 Å². The minimum atomic E-state index is -0.184. The van der Waals surface area contributed by atoms with E-state index in [1.807, 2.05) is 31.2 Å². The van der Waals surface area contributed by atoms with Gasteiger partial charge in [-0.2, -0.15) is 5.10 Å². The predicted octanol–water partition coefficient (Wildman–Crippen LogP) is 1.41. The Labute approximate surface area is 105 Å². The van der Waals surface area contributed by atoms with Gasteiger partial charge in [-0.15, -0.1) is 0 Å². The van der Waals surface area contributed by atoms with Crippen LogP contribution in [0.4, 0.5) is 0 Å². The lowest BCUT2D eigenvalue weighted by atomic mass is 10.3. The molecule has 0 fully saturated rings. The van der Waals surface area contributed by atoms with Gasteiger partial charge in [0.1, 0.15) is 18.1 Å². The highest BCUT2D eigenvalue weighted by atomic mass is 16.5. The highest BCUT2D eigenvalue weighted by Crippen LogP contribution is 2.17. The maximum atomic E-state index is 5.67. The van der Waals surface area contributed by atoms with Crippen molar-refractivity contribution in [3.05, 3.63) is 35.9 Å². The highest BCUT2D eigenvalue weighted by Gasteiger charge is 2.07. The Hall–Kier alpha value is -2.08. The molecule has 0 aliphatic rings. The van der Waals surface area contributed by atoms with Crippen LogP contribution in [0.15, 0.2) is 24.3 Å². The minimum Gasteiger partial charge on any atom is -0.497 e. The number of nitrogens with two attached hydrogens (primary N) is 1. The molecule has 0 aliphatic carbocycles. The third-order valence-electron chi connectivity index (χ3n) is 2.39. The van der Waals surface area contributed by atoms with E-state index in [1.54, 1.807) is 7.11 Å². The number of nitrogens with one attached hydrogen (secondary N) is 1. The van der Waals surface area contributed by atoms with Crippen molar-refractivity contribution >= 4 is 0 Å². The standard InChI is InChI=1S/C12H16N4O2/c1-8(13)12-14-11(15-16-12)7-18-10-5-3-9(17-2)4-6-10/h3-6,8H,7,13H2,1-2H3,(H,14,15,16)/t8-/m0/s1. The van der Waals surface area contributed by atoms with Gasteiger partial charge in [0.05, 0.1) is 13.2 Å². The van der Waals surface area contributed by atoms with Crippen LogP contribution in [-0.4, -0.2) is 22.3 Å². The second kappa shape index (κ2) is 5.50. The molecule has 0 radical (unpaired) electrons. The Balaban J connectivity index is 1.93. The first kappa shape index (κ1) is 12.4. The van der Waals surface area contributed by atoms with Gasteiger partial charge in [-0.1, -0.05) is 0 Å². The quantitative estimate of drug-likeness (QED) is 0.835. The van der Waals surface area contributed by atoms with Gasteiger partial charge in [-0.05, 0) is 31.2 Å². The third-order valence-corrected chi connectivity index (χ3v) is 2.39. The Morgan fingerprint density at radius 3 is 2.50 bits per heavy atom. The van der Waals surface area contributed by atoms with Crippen LogP contribution in [0.5, 0.6) is 11.5 Å². The van der Waals surface area contributed by atoms with Gasteiger partial charge in [0, 0.05) is 0 Å². The van der Waals surface area contributed by atoms with Crippen molar-refractivity contribution in [1.29, 1.82) is 0 Å². The summed E-state index contributed by atoms with van der Waals surface area (Å²) in [4.78, 5) is 4.22. The fourth-order valence-electron chi connectivity index (χ4n) is 1.40. The van der Waals surface area contributed by atoms with E-state index in [2.05, 4.69) is 15.2 Å². The maximum absolute atomic E-state index is 5.67. The number of nitrogens with zero attached hydrogens (tertiary/aromatic N) is 2. The zero-order chi connectivity index (χ0) is 13.0. The zero-order valence-electron chi connectivity index (χ0n) is 10.4. The molecule has 2 aromatic rings. The molecule has 2 rings (SSSR count). The molecular weight excluding hydrogens is 232 g/mol. The van der Waals surface area contributed by atoms with Crippen molar-refractivity contribution in [1.82, 2.24) is 15.2 Å². The summed E-state index contributed by atoms with van der Waals surface area (Å²) >= 11 is 0. The topological polar surface area (TPSA) is 86.1 Å². The summed E-state index contributed by atoms with van der Waals surface area (Å²) in [5, 5.41) is 6.78. The maximum Gasteiger partial charge on any atom is 0.167 e. The van der Waals surface area contributed by atoms with Gasteiger partial charge in [0.15, 0.2) is 11.6 Å². The van der Waals surface area contributed by atoms with Crippen LogP contribution < -0.4 is 15.2 Å². The number of H-pyrrole nitrogens is 1. The molecule has 96 valence electrons. The second-order valence-corrected chi connectivity index (χ2v) is 3.89. The Morgan fingerprint density at radius 2 is 1.94 bits per heavy atom. The van der Waals surface area contributed by atoms with Crippen molar-refractivity contribution in [2.45, 2.75) is 19.6 Å². The molecular formula is C12H16N4O2. The average molecular weight is 248 g/mol. The lowest BCUT2D eigenvalue weighted by Crippen LogP contribution is -2.07. The molecule has 0 saturated heterocycles. The van der Waals surface area contributed by atoms with Gasteiger partial charge in [-0.3, -0.25) is 5.10 Å². The smallest absolute Gasteiger partial charge is 0.167 e. The van der Waals surface area contributed by atoms with Crippen LogP contribution in [0.3, 0.4) is 0 Å². The molecule has 0 bridgehead atoms. The highest BCUT2D eigenvalue weighted by molar-refractivity contribution is 5.31. The van der Waals surface area contributed by atoms with Crippen molar-refractivity contribution in [3.8, 4) is 11.5 Å². The van der Waals surface area contributed by atoms with E-state index in [-0.39, 0.29) is 6.04 Å². The van der Waals surface area contributed by atoms with E-state index in [1.165, 1.54) is 0 Å². The van der Waals surface area contributed by atoms with Gasteiger partial charge in [0.25, 0.3) is 0 Å². The molecule has 3 N–H and O–H groups in total. The van der Waals surface area contributed by atoms with Crippen LogP contribution in [-0.2, 0) is 6.61 Å². The molecule has 1 aromatic carbocycles. The first-order chi connectivity index (χ1) is 8.69. The van der Waals surface area contributed by atoms with Gasteiger partial charge in [-0.25, -0.2) is 4.98 Å². The van der Waals surface area contributed by atoms with E-state index in [4.69, 9.17) is 15.2 Å². The van der Waals surface area contributed by atoms with E-state index >= 15 is 0 Å². The number of benzene rings is 1. The van der Waals surface area contributed by atoms with E-state index in [9.17, 15) is 0 Å². The molecule has 0 amide bonds. The average Bonchev–Trinajstić information content (AvgIpc) is 2.86. The van der Waals surface area contributed by atoms with Crippen LogP contribution in [0.1, 0.15) is 24.6 Å². The SMILES string of the molecule is COc1ccc(OCc2nc([C@H](C)N)n[nH]2)cc1. The molecule has 0 spiro atoms. The molecule has 18 heavy (non-hydrogen) atoms. The van der Waals surface area contributed by atoms with E-state index in [0.717, 1.165) is 11.5 Å². The third kappa shape index (κ3) is 2.98. The summed E-state index contributed by atoms with van der Waals surface area (Å²) in [6, 6.07) is 7.16. The fraction of sp³-hybridized carbons (Fsp3) is 0.333. The molecule has 0 saturated carbocycles. The van der Waals surface area contributed by atoms with Crippen LogP contribution in [0.2, 0.25) is 0 Å².